The van der Waals surface area contributed by atoms with Crippen LogP contribution in [0.4, 0.5) is 0 Å². The Morgan fingerprint density at radius 1 is 0.875 bits per heavy atom. The maximum Gasteiger partial charge on any atom is 0.0496 e. The van der Waals surface area contributed by atoms with Crippen LogP contribution in [0.15, 0.2) is 37.7 Å². The SMILES string of the molecule is C=C.c1ccnnc1. The third-order valence-electron chi connectivity index (χ3n) is 0.483. The smallest absolute Gasteiger partial charge is 0.0496 e. The molecule has 0 aliphatic rings. The van der Waals surface area contributed by atoms with Crippen molar-refractivity contribution in [1.29, 1.82) is 0 Å². The molecule has 1 rings (SSSR count). The van der Waals surface area contributed by atoms with Crippen LogP contribution in [0.1, 0.15) is 0 Å². The van der Waals surface area contributed by atoms with Crippen molar-refractivity contribution in [2.24, 2.45) is 0 Å². The van der Waals surface area contributed by atoms with Crippen molar-refractivity contribution in [3.8, 4) is 0 Å². The summed E-state index contributed by atoms with van der Waals surface area (Å²) < 4.78 is 0. The van der Waals surface area contributed by atoms with Gasteiger partial charge in [0, 0.05) is 12.4 Å². The third-order valence-corrected chi connectivity index (χ3v) is 0.483. The fourth-order valence-electron chi connectivity index (χ4n) is 0.253. The van der Waals surface area contributed by atoms with Crippen molar-refractivity contribution in [3.63, 3.8) is 0 Å². The molecular weight excluding hydrogens is 100 g/mol. The van der Waals surface area contributed by atoms with Gasteiger partial charge in [-0.1, -0.05) is 0 Å². The Balaban J connectivity index is 0.000000222. The van der Waals surface area contributed by atoms with E-state index in [-0.39, 0.29) is 0 Å². The summed E-state index contributed by atoms with van der Waals surface area (Å²) in [5.41, 5.74) is 0. The molecule has 2 heteroatoms. The highest BCUT2D eigenvalue weighted by Gasteiger charge is 1.59. The first-order valence-electron chi connectivity index (χ1n) is 2.22. The van der Waals surface area contributed by atoms with E-state index in [0.29, 0.717) is 0 Å². The lowest BCUT2D eigenvalue weighted by Gasteiger charge is -1.69. The Morgan fingerprint density at radius 3 is 1.38 bits per heavy atom. The average Bonchev–Trinajstić information content (AvgIpc) is 1.96. The van der Waals surface area contributed by atoms with E-state index in [1.165, 1.54) is 0 Å². The molecule has 0 bridgehead atoms. The second-order valence-electron chi connectivity index (χ2n) is 0.914. The van der Waals surface area contributed by atoms with Gasteiger partial charge in [-0.3, -0.25) is 0 Å². The summed E-state index contributed by atoms with van der Waals surface area (Å²) in [6, 6.07) is 3.65. The van der Waals surface area contributed by atoms with Crippen LogP contribution in [-0.2, 0) is 0 Å². The van der Waals surface area contributed by atoms with Gasteiger partial charge >= 0.3 is 0 Å². The van der Waals surface area contributed by atoms with Crippen molar-refractivity contribution in [2.75, 3.05) is 0 Å². The number of nitrogens with zero attached hydrogens (tertiary/aromatic N) is 2. The molecule has 0 spiro atoms. The lowest BCUT2D eigenvalue weighted by Crippen LogP contribution is -1.69. The standard InChI is InChI=1S/C4H4N2.C2H4/c1-2-4-6-5-3-1;1-2/h1-4H;1-2H2. The molecule has 0 aromatic carbocycles. The summed E-state index contributed by atoms with van der Waals surface area (Å²) in [6.45, 7) is 6.00. The molecule has 0 saturated heterocycles. The number of aromatic nitrogens is 2. The molecule has 2 nitrogen and oxygen atoms in total. The Labute approximate surface area is 48.9 Å². The number of hydrogen-bond acceptors (Lipinski definition) is 2. The molecule has 0 fully saturated rings. The molecule has 0 saturated carbocycles. The second kappa shape index (κ2) is 5.82. The van der Waals surface area contributed by atoms with E-state index in [1.807, 2.05) is 12.1 Å². The van der Waals surface area contributed by atoms with Crippen molar-refractivity contribution in [3.05, 3.63) is 37.7 Å². The largest absolute Gasteiger partial charge is 0.159 e. The summed E-state index contributed by atoms with van der Waals surface area (Å²) >= 11 is 0. The first-order valence-corrected chi connectivity index (χ1v) is 2.22. The molecule has 0 N–H and O–H groups in total. The summed E-state index contributed by atoms with van der Waals surface area (Å²) in [7, 11) is 0. The van der Waals surface area contributed by atoms with Crippen molar-refractivity contribution in [1.82, 2.24) is 10.2 Å². The van der Waals surface area contributed by atoms with E-state index < -0.39 is 0 Å². The quantitative estimate of drug-likeness (QED) is 0.468. The molecule has 0 radical (unpaired) electrons. The van der Waals surface area contributed by atoms with E-state index in [1.54, 1.807) is 12.4 Å². The molecule has 0 atom stereocenters. The van der Waals surface area contributed by atoms with Crippen LogP contribution in [0, 0.1) is 0 Å². The predicted molar refractivity (Wildman–Crippen MR) is 33.3 cm³/mol. The zero-order valence-corrected chi connectivity index (χ0v) is 4.62. The Morgan fingerprint density at radius 2 is 1.25 bits per heavy atom. The molecule has 8 heavy (non-hydrogen) atoms. The highest BCUT2D eigenvalue weighted by Crippen LogP contribution is 1.68. The van der Waals surface area contributed by atoms with E-state index in [9.17, 15) is 0 Å². The van der Waals surface area contributed by atoms with Crippen LogP contribution in [-0.4, -0.2) is 10.2 Å². The number of rotatable bonds is 0. The molecule has 0 amide bonds. The summed E-state index contributed by atoms with van der Waals surface area (Å²) in [4.78, 5) is 0. The van der Waals surface area contributed by atoms with Crippen molar-refractivity contribution >= 4 is 0 Å². The summed E-state index contributed by atoms with van der Waals surface area (Å²) in [5, 5.41) is 7.07. The van der Waals surface area contributed by atoms with Crippen LogP contribution < -0.4 is 0 Å². The Hall–Kier alpha value is -1.18. The van der Waals surface area contributed by atoms with Gasteiger partial charge in [-0.05, 0) is 12.1 Å². The fraction of sp³-hybridized carbons (Fsp3) is 0. The van der Waals surface area contributed by atoms with Gasteiger partial charge in [-0.2, -0.15) is 10.2 Å². The minimum atomic E-state index is 1.64. The molecule has 42 valence electrons. The van der Waals surface area contributed by atoms with Gasteiger partial charge in [-0.25, -0.2) is 0 Å². The van der Waals surface area contributed by atoms with Gasteiger partial charge in [0.15, 0.2) is 0 Å². The van der Waals surface area contributed by atoms with Gasteiger partial charge in [0.1, 0.15) is 0 Å². The van der Waals surface area contributed by atoms with Crippen molar-refractivity contribution in [2.45, 2.75) is 0 Å². The minimum Gasteiger partial charge on any atom is -0.159 e. The second-order valence-corrected chi connectivity index (χ2v) is 0.914. The van der Waals surface area contributed by atoms with Gasteiger partial charge in [-0.15, -0.1) is 13.2 Å². The van der Waals surface area contributed by atoms with Gasteiger partial charge in [0.05, 0.1) is 0 Å². The molecule has 1 aromatic heterocycles. The molecular formula is C6H8N2. The zero-order chi connectivity index (χ0) is 6.24. The van der Waals surface area contributed by atoms with E-state index in [2.05, 4.69) is 23.4 Å². The van der Waals surface area contributed by atoms with Crippen LogP contribution in [0.25, 0.3) is 0 Å². The maximum atomic E-state index is 3.53. The monoisotopic (exact) mass is 108 g/mol. The third kappa shape index (κ3) is 3.03. The zero-order valence-electron chi connectivity index (χ0n) is 4.62. The maximum absolute atomic E-state index is 3.53. The minimum absolute atomic E-state index is 1.64. The topological polar surface area (TPSA) is 25.8 Å². The predicted octanol–water partition coefficient (Wildman–Crippen LogP) is 1.28. The van der Waals surface area contributed by atoms with E-state index >= 15 is 0 Å². The average molecular weight is 108 g/mol. The van der Waals surface area contributed by atoms with Gasteiger partial charge in [0.2, 0.25) is 0 Å². The molecule has 0 aliphatic carbocycles. The lowest BCUT2D eigenvalue weighted by molar-refractivity contribution is 1.03. The van der Waals surface area contributed by atoms with Crippen molar-refractivity contribution < 1.29 is 0 Å². The van der Waals surface area contributed by atoms with Crippen LogP contribution in [0.5, 0.6) is 0 Å². The summed E-state index contributed by atoms with van der Waals surface area (Å²) in [6.07, 6.45) is 3.28. The summed E-state index contributed by atoms with van der Waals surface area (Å²) in [5.74, 6) is 0. The van der Waals surface area contributed by atoms with Crippen LogP contribution in [0.2, 0.25) is 0 Å². The van der Waals surface area contributed by atoms with Gasteiger partial charge in [0.25, 0.3) is 0 Å². The Kier molecular flexibility index (Phi) is 4.96. The first-order chi connectivity index (χ1) is 4.00. The van der Waals surface area contributed by atoms with Gasteiger partial charge < -0.3 is 0 Å². The van der Waals surface area contributed by atoms with Crippen LogP contribution >= 0.6 is 0 Å². The molecule has 1 aromatic rings. The molecule has 0 unspecified atom stereocenters. The Bertz CT molecular complexity index is 89.4. The fourth-order valence-corrected chi connectivity index (χ4v) is 0.253. The number of hydrogen-bond donors (Lipinski definition) is 0. The van der Waals surface area contributed by atoms with E-state index in [4.69, 9.17) is 0 Å². The highest BCUT2D eigenvalue weighted by molar-refractivity contribution is 4.79. The van der Waals surface area contributed by atoms with Crippen LogP contribution in [0.3, 0.4) is 0 Å². The molecule has 1 heterocycles. The first kappa shape index (κ1) is 6.82. The highest BCUT2D eigenvalue weighted by atomic mass is 15.1. The molecule has 0 aliphatic heterocycles. The van der Waals surface area contributed by atoms with E-state index in [0.717, 1.165) is 0 Å². The normalized spacial score (nSPS) is 6.50. The lowest BCUT2D eigenvalue weighted by atomic mass is 10.6.